The van der Waals surface area contributed by atoms with E-state index in [1.807, 2.05) is 47.8 Å². The van der Waals surface area contributed by atoms with E-state index in [1.54, 1.807) is 24.6 Å². The van der Waals surface area contributed by atoms with Crippen LogP contribution in [0.3, 0.4) is 0 Å². The summed E-state index contributed by atoms with van der Waals surface area (Å²) in [6.07, 6.45) is 3.55. The van der Waals surface area contributed by atoms with Gasteiger partial charge < -0.3 is 20.3 Å². The molecule has 7 nitrogen and oxygen atoms in total. The summed E-state index contributed by atoms with van der Waals surface area (Å²) in [4.78, 5) is 25.0. The van der Waals surface area contributed by atoms with E-state index in [1.165, 1.54) is 0 Å². The molecule has 0 aliphatic carbocycles. The molecule has 3 heterocycles. The van der Waals surface area contributed by atoms with Crippen LogP contribution in [-0.4, -0.2) is 36.1 Å². The fourth-order valence-corrected chi connectivity index (χ4v) is 4.21. The molecule has 1 fully saturated rings. The minimum absolute atomic E-state index is 0.0619. The topological polar surface area (TPSA) is 79.4 Å². The number of amides is 1. The second-order valence-electron chi connectivity index (χ2n) is 7.15. The van der Waals surface area contributed by atoms with Crippen LogP contribution in [0.1, 0.15) is 17.7 Å². The maximum absolute atomic E-state index is 12.6. The molecular formula is C22H25N5O2S. The number of rotatable bonds is 7. The number of piperidine rings is 1. The van der Waals surface area contributed by atoms with Crippen molar-refractivity contribution in [3.05, 3.63) is 58.9 Å². The largest absolute Gasteiger partial charge is 0.495 e. The van der Waals surface area contributed by atoms with Gasteiger partial charge in [0.25, 0.3) is 0 Å². The van der Waals surface area contributed by atoms with Crippen molar-refractivity contribution >= 4 is 34.7 Å². The SMILES string of the molecule is COc1ccccc1Nc1ccnc(N2CCCC(C(=O)NCc3cccs3)C2)n1. The fourth-order valence-electron chi connectivity index (χ4n) is 3.56. The Hall–Kier alpha value is -3.13. The van der Waals surface area contributed by atoms with Crippen LogP contribution in [0.4, 0.5) is 17.5 Å². The molecule has 0 spiro atoms. The maximum atomic E-state index is 12.6. The second kappa shape index (κ2) is 9.58. The lowest BCUT2D eigenvalue weighted by Gasteiger charge is -2.32. The summed E-state index contributed by atoms with van der Waals surface area (Å²) in [6.45, 7) is 2.04. The smallest absolute Gasteiger partial charge is 0.227 e. The number of benzene rings is 1. The van der Waals surface area contributed by atoms with Gasteiger partial charge in [-0.05, 0) is 42.5 Å². The van der Waals surface area contributed by atoms with Gasteiger partial charge in [0.15, 0.2) is 0 Å². The van der Waals surface area contributed by atoms with Crippen molar-refractivity contribution in [1.29, 1.82) is 0 Å². The van der Waals surface area contributed by atoms with Crippen LogP contribution in [0.2, 0.25) is 0 Å². The first-order valence-electron chi connectivity index (χ1n) is 10.0. The predicted octanol–water partition coefficient (Wildman–Crippen LogP) is 3.82. The van der Waals surface area contributed by atoms with Crippen molar-refractivity contribution in [2.24, 2.45) is 5.92 Å². The lowest BCUT2D eigenvalue weighted by Crippen LogP contribution is -2.43. The van der Waals surface area contributed by atoms with E-state index in [9.17, 15) is 4.79 Å². The number of carbonyl (C=O) groups is 1. The minimum atomic E-state index is -0.0619. The quantitative estimate of drug-likeness (QED) is 0.601. The Kier molecular flexibility index (Phi) is 6.44. The van der Waals surface area contributed by atoms with E-state index >= 15 is 0 Å². The van der Waals surface area contributed by atoms with E-state index in [0.717, 1.165) is 35.7 Å². The third-order valence-electron chi connectivity index (χ3n) is 5.10. The zero-order valence-corrected chi connectivity index (χ0v) is 17.7. The third-order valence-corrected chi connectivity index (χ3v) is 5.98. The Bertz CT molecular complexity index is 979. The Morgan fingerprint density at radius 3 is 3.00 bits per heavy atom. The van der Waals surface area contributed by atoms with Gasteiger partial charge in [-0.2, -0.15) is 4.98 Å². The third kappa shape index (κ3) is 4.88. The standard InChI is InChI=1S/C22H25N5O2S/c1-29-19-9-3-2-8-18(19)25-20-10-11-23-22(26-20)27-12-4-6-16(15-27)21(28)24-14-17-7-5-13-30-17/h2-3,5,7-11,13,16H,4,6,12,14-15H2,1H3,(H,24,28)(H,23,25,26). The molecule has 1 atom stereocenters. The molecule has 156 valence electrons. The van der Waals surface area contributed by atoms with Gasteiger partial charge in [-0.15, -0.1) is 11.3 Å². The van der Waals surface area contributed by atoms with Crippen LogP contribution in [0.15, 0.2) is 54.0 Å². The Morgan fingerprint density at radius 2 is 2.17 bits per heavy atom. The zero-order valence-electron chi connectivity index (χ0n) is 16.9. The van der Waals surface area contributed by atoms with E-state index in [4.69, 9.17) is 4.74 Å². The van der Waals surface area contributed by atoms with Crippen LogP contribution in [0.5, 0.6) is 5.75 Å². The number of hydrogen-bond donors (Lipinski definition) is 2. The van der Waals surface area contributed by atoms with Crippen LogP contribution in [0.25, 0.3) is 0 Å². The summed E-state index contributed by atoms with van der Waals surface area (Å²) in [5, 5.41) is 8.37. The minimum Gasteiger partial charge on any atom is -0.495 e. The highest BCUT2D eigenvalue weighted by Gasteiger charge is 2.27. The normalized spacial score (nSPS) is 16.2. The molecular weight excluding hydrogens is 398 g/mol. The van der Waals surface area contributed by atoms with Gasteiger partial charge in [0, 0.05) is 24.2 Å². The molecule has 1 aliphatic rings. The van der Waals surface area contributed by atoms with Gasteiger partial charge in [-0.1, -0.05) is 18.2 Å². The molecule has 0 radical (unpaired) electrons. The van der Waals surface area contributed by atoms with Gasteiger partial charge in [-0.3, -0.25) is 4.79 Å². The first-order chi connectivity index (χ1) is 14.7. The van der Waals surface area contributed by atoms with E-state index in [-0.39, 0.29) is 11.8 Å². The van der Waals surface area contributed by atoms with Crippen molar-refractivity contribution in [2.75, 3.05) is 30.4 Å². The van der Waals surface area contributed by atoms with Gasteiger partial charge in [-0.25, -0.2) is 4.98 Å². The summed E-state index contributed by atoms with van der Waals surface area (Å²) >= 11 is 1.65. The molecule has 8 heteroatoms. The number of para-hydroxylation sites is 2. The molecule has 1 aliphatic heterocycles. The molecule has 30 heavy (non-hydrogen) atoms. The van der Waals surface area contributed by atoms with Crippen LogP contribution >= 0.6 is 11.3 Å². The van der Waals surface area contributed by atoms with Crippen LogP contribution in [0, 0.1) is 5.92 Å². The van der Waals surface area contributed by atoms with Crippen molar-refractivity contribution in [3.63, 3.8) is 0 Å². The molecule has 1 aromatic carbocycles. The molecule has 3 aromatic rings. The summed E-state index contributed by atoms with van der Waals surface area (Å²) in [5.41, 5.74) is 0.842. The zero-order chi connectivity index (χ0) is 20.8. The predicted molar refractivity (Wildman–Crippen MR) is 119 cm³/mol. The monoisotopic (exact) mass is 423 g/mol. The number of methoxy groups -OCH3 is 1. The van der Waals surface area contributed by atoms with Crippen LogP contribution < -0.4 is 20.3 Å². The van der Waals surface area contributed by atoms with Crippen molar-refractivity contribution in [1.82, 2.24) is 15.3 Å². The van der Waals surface area contributed by atoms with E-state index in [2.05, 4.69) is 25.5 Å². The molecule has 2 aromatic heterocycles. The number of nitrogens with zero attached hydrogens (tertiary/aromatic N) is 3. The highest BCUT2D eigenvalue weighted by atomic mass is 32.1. The number of hydrogen-bond acceptors (Lipinski definition) is 7. The molecule has 1 unspecified atom stereocenters. The van der Waals surface area contributed by atoms with Gasteiger partial charge in [0.05, 0.1) is 25.3 Å². The molecule has 1 amide bonds. The van der Waals surface area contributed by atoms with Crippen molar-refractivity contribution in [2.45, 2.75) is 19.4 Å². The first kappa shape index (κ1) is 20.2. The summed E-state index contributed by atoms with van der Waals surface area (Å²) in [6, 6.07) is 13.6. The van der Waals surface area contributed by atoms with Crippen molar-refractivity contribution < 1.29 is 9.53 Å². The van der Waals surface area contributed by atoms with E-state index in [0.29, 0.717) is 24.9 Å². The Balaban J connectivity index is 1.41. The average molecular weight is 424 g/mol. The number of thiophene rings is 1. The molecule has 4 rings (SSSR count). The summed E-state index contributed by atoms with van der Waals surface area (Å²) in [7, 11) is 1.64. The molecule has 2 N–H and O–H groups in total. The van der Waals surface area contributed by atoms with Gasteiger partial charge >= 0.3 is 0 Å². The molecule has 0 saturated carbocycles. The fraction of sp³-hybridized carbons (Fsp3) is 0.318. The van der Waals surface area contributed by atoms with Gasteiger partial charge in [0.2, 0.25) is 11.9 Å². The molecule has 0 bridgehead atoms. The Morgan fingerprint density at radius 1 is 1.27 bits per heavy atom. The Labute approximate surface area is 180 Å². The molecule has 1 saturated heterocycles. The number of anilines is 3. The maximum Gasteiger partial charge on any atom is 0.227 e. The average Bonchev–Trinajstić information content (AvgIpc) is 3.32. The van der Waals surface area contributed by atoms with E-state index < -0.39 is 0 Å². The summed E-state index contributed by atoms with van der Waals surface area (Å²) in [5.74, 6) is 2.10. The van der Waals surface area contributed by atoms with Crippen molar-refractivity contribution in [3.8, 4) is 5.75 Å². The number of nitrogens with one attached hydrogen (secondary N) is 2. The van der Waals surface area contributed by atoms with Crippen LogP contribution in [-0.2, 0) is 11.3 Å². The second-order valence-corrected chi connectivity index (χ2v) is 8.18. The number of aromatic nitrogens is 2. The lowest BCUT2D eigenvalue weighted by atomic mass is 9.97. The first-order valence-corrected chi connectivity index (χ1v) is 10.9. The highest BCUT2D eigenvalue weighted by Crippen LogP contribution is 2.27. The lowest BCUT2D eigenvalue weighted by molar-refractivity contribution is -0.125. The van der Waals surface area contributed by atoms with Gasteiger partial charge in [0.1, 0.15) is 11.6 Å². The highest BCUT2D eigenvalue weighted by molar-refractivity contribution is 7.09. The number of carbonyl (C=O) groups excluding carboxylic acids is 1. The summed E-state index contributed by atoms with van der Waals surface area (Å²) < 4.78 is 5.39. The number of ether oxygens (including phenoxy) is 1.